The molecule has 0 aliphatic carbocycles. The van der Waals surface area contributed by atoms with Crippen LogP contribution < -0.4 is 0 Å². The van der Waals surface area contributed by atoms with E-state index in [1.165, 1.54) is 12.1 Å². The second-order valence-corrected chi connectivity index (χ2v) is 10.4. The van der Waals surface area contributed by atoms with Gasteiger partial charge in [0.15, 0.2) is 0 Å². The molecule has 1 amide bonds. The van der Waals surface area contributed by atoms with Crippen LogP contribution in [0.4, 0.5) is 17.6 Å². The zero-order valence-electron chi connectivity index (χ0n) is 19.3. The van der Waals surface area contributed by atoms with E-state index in [-0.39, 0.29) is 6.42 Å². The van der Waals surface area contributed by atoms with Crippen LogP contribution in [0, 0.1) is 5.82 Å². The van der Waals surface area contributed by atoms with Crippen LogP contribution in [-0.2, 0) is 35.0 Å². The number of carbonyl (C=O) groups is 1. The van der Waals surface area contributed by atoms with Gasteiger partial charge in [-0.3, -0.25) is 8.98 Å². The molecule has 2 aliphatic rings. The van der Waals surface area contributed by atoms with E-state index < -0.39 is 65.6 Å². The van der Waals surface area contributed by atoms with Crippen molar-refractivity contribution in [1.82, 2.24) is 4.90 Å². The van der Waals surface area contributed by atoms with E-state index in [1.807, 2.05) is 24.3 Å². The van der Waals surface area contributed by atoms with E-state index in [2.05, 4.69) is 0 Å². The average Bonchev–Trinajstić information content (AvgIpc) is 2.81. The molecule has 2 heterocycles. The molecule has 36 heavy (non-hydrogen) atoms. The number of fused-ring (bicyclic) bond motifs is 1. The van der Waals surface area contributed by atoms with Crippen molar-refractivity contribution >= 4 is 16.0 Å². The van der Waals surface area contributed by atoms with Gasteiger partial charge in [-0.25, -0.2) is 4.39 Å². The highest BCUT2D eigenvalue weighted by molar-refractivity contribution is 7.86. The minimum Gasteiger partial charge on any atom is -0.365 e. The molecule has 12 heteroatoms. The summed E-state index contributed by atoms with van der Waals surface area (Å²) in [7, 11) is -4.06. The van der Waals surface area contributed by atoms with Gasteiger partial charge in [0.25, 0.3) is 16.0 Å². The van der Waals surface area contributed by atoms with Gasteiger partial charge in [-0.15, -0.1) is 0 Å². The Kier molecular flexibility index (Phi) is 7.69. The highest BCUT2D eigenvalue weighted by Gasteiger charge is 2.43. The molecule has 7 nitrogen and oxygen atoms in total. The molecule has 4 atom stereocenters. The van der Waals surface area contributed by atoms with Crippen molar-refractivity contribution in [1.29, 1.82) is 0 Å². The summed E-state index contributed by atoms with van der Waals surface area (Å²) < 4.78 is 90.5. The van der Waals surface area contributed by atoms with Crippen LogP contribution >= 0.6 is 0 Å². The van der Waals surface area contributed by atoms with Crippen molar-refractivity contribution in [2.24, 2.45) is 0 Å². The van der Waals surface area contributed by atoms with Crippen LogP contribution in [0.3, 0.4) is 0 Å². The maximum atomic E-state index is 13.6. The van der Waals surface area contributed by atoms with E-state index in [0.717, 1.165) is 17.4 Å². The second-order valence-electron chi connectivity index (χ2n) is 8.80. The van der Waals surface area contributed by atoms with Gasteiger partial charge in [-0.2, -0.15) is 21.6 Å². The number of hydrogen-bond acceptors (Lipinski definition) is 6. The van der Waals surface area contributed by atoms with Crippen molar-refractivity contribution in [3.05, 3.63) is 71.0 Å². The lowest BCUT2D eigenvalue weighted by atomic mass is 9.87. The topological polar surface area (TPSA) is 82.1 Å². The molecule has 0 radical (unpaired) electrons. The lowest BCUT2D eigenvalue weighted by Gasteiger charge is -2.41. The van der Waals surface area contributed by atoms with E-state index in [4.69, 9.17) is 13.7 Å². The predicted octanol–water partition coefficient (Wildman–Crippen LogP) is 3.38. The monoisotopic (exact) mass is 531 g/mol. The summed E-state index contributed by atoms with van der Waals surface area (Å²) in [5, 5.41) is 0. The normalized spacial score (nSPS) is 24.9. The van der Waals surface area contributed by atoms with Crippen molar-refractivity contribution < 1.29 is 44.4 Å². The van der Waals surface area contributed by atoms with E-state index in [1.54, 1.807) is 17.0 Å². The first kappa shape index (κ1) is 26.5. The molecule has 0 aromatic heterocycles. The third kappa shape index (κ3) is 6.41. The molecule has 0 unspecified atom stereocenters. The predicted molar refractivity (Wildman–Crippen MR) is 120 cm³/mol. The Morgan fingerprint density at radius 1 is 1.11 bits per heavy atom. The van der Waals surface area contributed by atoms with Gasteiger partial charge in [0.1, 0.15) is 30.7 Å². The fraction of sp³-hybridized carbons (Fsp3) is 0.458. The highest BCUT2D eigenvalue weighted by Crippen LogP contribution is 2.37. The van der Waals surface area contributed by atoms with Crippen molar-refractivity contribution in [3.8, 4) is 0 Å². The number of alkyl halides is 3. The lowest BCUT2D eigenvalue weighted by Crippen LogP contribution is -2.53. The Morgan fingerprint density at radius 3 is 2.47 bits per heavy atom. The summed E-state index contributed by atoms with van der Waals surface area (Å²) >= 11 is 0. The number of halogens is 4. The summed E-state index contributed by atoms with van der Waals surface area (Å²) in [6.45, 7) is -1.76. The molecule has 0 bridgehead atoms. The zero-order chi connectivity index (χ0) is 26.1. The first-order chi connectivity index (χ1) is 16.9. The number of benzene rings is 2. The van der Waals surface area contributed by atoms with E-state index in [9.17, 15) is 30.8 Å². The number of rotatable bonds is 6. The summed E-state index contributed by atoms with van der Waals surface area (Å²) in [5.74, 6) is -0.905. The number of amides is 1. The van der Waals surface area contributed by atoms with Gasteiger partial charge in [-0.1, -0.05) is 36.4 Å². The quantitative estimate of drug-likeness (QED) is 0.420. The molecular formula is C24H25F4NO6S. The summed E-state index contributed by atoms with van der Waals surface area (Å²) in [5.41, 5.74) is 2.55. The molecule has 2 aliphatic heterocycles. The van der Waals surface area contributed by atoms with Crippen LogP contribution in [0.15, 0.2) is 48.5 Å². The van der Waals surface area contributed by atoms with Crippen LogP contribution in [0.1, 0.15) is 29.2 Å². The molecule has 2 aromatic rings. The van der Waals surface area contributed by atoms with Crippen molar-refractivity contribution in [2.45, 2.75) is 43.4 Å². The minimum atomic E-state index is -4.63. The second kappa shape index (κ2) is 10.4. The lowest BCUT2D eigenvalue weighted by molar-refractivity contribution is -0.215. The third-order valence-electron chi connectivity index (χ3n) is 6.11. The van der Waals surface area contributed by atoms with Crippen LogP contribution in [0.5, 0.6) is 0 Å². The number of nitrogens with zero attached hydrogens (tertiary/aromatic N) is 1. The van der Waals surface area contributed by atoms with Gasteiger partial charge in [0.2, 0.25) is 0 Å². The molecule has 0 saturated carbocycles. The number of hydrogen-bond donors (Lipinski definition) is 0. The summed E-state index contributed by atoms with van der Waals surface area (Å²) in [6.07, 6.45) is -7.48. The Hall–Kier alpha value is -2.54. The Bertz CT molecular complexity index is 1190. The summed E-state index contributed by atoms with van der Waals surface area (Å²) in [6, 6.07) is 12.7. The van der Waals surface area contributed by atoms with Crippen molar-refractivity contribution in [2.75, 3.05) is 26.0 Å². The maximum Gasteiger partial charge on any atom is 0.411 e. The molecule has 1 saturated heterocycles. The van der Waals surface area contributed by atoms with E-state index >= 15 is 0 Å². The Labute approximate surface area is 206 Å². The SMILES string of the molecule is CS(=O)(=O)O[C@H]1C[C@H](C(=O)N2CCc3ccccc3[C@@H]2c2ccc(F)cc2)OC[C@@H]1OCC(F)(F)F. The number of carbonyl (C=O) groups excluding carboxylic acids is 1. The molecule has 196 valence electrons. The molecular weight excluding hydrogens is 506 g/mol. The summed E-state index contributed by atoms with van der Waals surface area (Å²) in [4.78, 5) is 15.2. The first-order valence-corrected chi connectivity index (χ1v) is 13.0. The van der Waals surface area contributed by atoms with Crippen LogP contribution in [0.2, 0.25) is 0 Å². The molecule has 0 spiro atoms. The Morgan fingerprint density at radius 2 is 1.81 bits per heavy atom. The van der Waals surface area contributed by atoms with E-state index in [0.29, 0.717) is 18.5 Å². The fourth-order valence-electron chi connectivity index (χ4n) is 4.60. The molecule has 1 fully saturated rings. The van der Waals surface area contributed by atoms with Gasteiger partial charge in [0.05, 0.1) is 18.9 Å². The number of ether oxygens (including phenoxy) is 2. The molecule has 4 rings (SSSR count). The van der Waals surface area contributed by atoms with Crippen LogP contribution in [0.25, 0.3) is 0 Å². The van der Waals surface area contributed by atoms with Gasteiger partial charge in [-0.05, 0) is 35.2 Å². The van der Waals surface area contributed by atoms with Gasteiger partial charge < -0.3 is 14.4 Å². The van der Waals surface area contributed by atoms with Crippen molar-refractivity contribution in [3.63, 3.8) is 0 Å². The third-order valence-corrected chi connectivity index (χ3v) is 6.71. The van der Waals surface area contributed by atoms with Gasteiger partial charge >= 0.3 is 6.18 Å². The minimum absolute atomic E-state index is 0.309. The smallest absolute Gasteiger partial charge is 0.365 e. The fourth-order valence-corrected chi connectivity index (χ4v) is 5.25. The maximum absolute atomic E-state index is 13.6. The first-order valence-electron chi connectivity index (χ1n) is 11.2. The zero-order valence-corrected chi connectivity index (χ0v) is 20.1. The van der Waals surface area contributed by atoms with Gasteiger partial charge in [0, 0.05) is 13.0 Å². The molecule has 2 aromatic carbocycles. The average molecular weight is 532 g/mol. The Balaban J connectivity index is 1.59. The van der Waals surface area contributed by atoms with Crippen LogP contribution in [-0.4, -0.2) is 69.7 Å². The highest BCUT2D eigenvalue weighted by atomic mass is 32.2. The largest absolute Gasteiger partial charge is 0.411 e. The molecule has 0 N–H and O–H groups in total. The standard InChI is InChI=1S/C24H25F4NO6S/c1-36(31,32)35-19-12-20(33-13-21(19)34-14-24(26,27)28)23(30)29-11-10-15-4-2-3-5-18(15)22(29)16-6-8-17(25)9-7-16/h2-9,19-22H,10-14H2,1H3/t19-,20+,21-,22-/m0/s1.